The summed E-state index contributed by atoms with van der Waals surface area (Å²) in [4.78, 5) is 9.52. The molecule has 0 atom stereocenters. The topological polar surface area (TPSA) is 61.3 Å². The molecule has 5 nitrogen and oxygen atoms in total. The zero-order valence-corrected chi connectivity index (χ0v) is 31.8. The Balaban J connectivity index is 1.03. The third kappa shape index (κ3) is 4.80. The second-order valence-electron chi connectivity index (χ2n) is 15.4. The van der Waals surface area contributed by atoms with Crippen LogP contribution in [-0.4, -0.2) is 9.97 Å². The molecule has 280 valence electrons. The molecular weight excluding hydrogens is 737 g/mol. The molecule has 0 saturated heterocycles. The highest BCUT2D eigenvalue weighted by Gasteiger charge is 2.51. The predicted octanol–water partition coefficient (Wildman–Crippen LogP) is 14.3. The van der Waals surface area contributed by atoms with E-state index < -0.39 is 5.41 Å². The van der Waals surface area contributed by atoms with E-state index >= 15 is 0 Å². The molecule has 0 radical (unpaired) electrons. The Labute approximate surface area is 350 Å². The molecule has 11 aromatic rings. The van der Waals surface area contributed by atoms with E-state index in [4.69, 9.17) is 23.5 Å². The number of para-hydroxylation sites is 6. The Kier molecular flexibility index (Phi) is 6.08. The number of hydrogen-bond donors (Lipinski definition) is 0. The van der Waals surface area contributed by atoms with Crippen LogP contribution in [0.3, 0.4) is 0 Å². The van der Waals surface area contributed by atoms with E-state index in [9.17, 15) is 5.48 Å². The van der Waals surface area contributed by atoms with Crippen LogP contribution < -0.4 is 4.74 Å². The quantitative estimate of drug-likeness (QED) is 0.178. The van der Waals surface area contributed by atoms with Gasteiger partial charge in [0.2, 0.25) is 11.8 Å². The Hall–Kier alpha value is -8.02. The third-order valence-corrected chi connectivity index (χ3v) is 12.0. The summed E-state index contributed by atoms with van der Waals surface area (Å²) in [6, 6.07) is 55.1. The summed E-state index contributed by atoms with van der Waals surface area (Å²) in [5.41, 5.74) is 10.5. The molecular formula is C55H32N2O3. The summed E-state index contributed by atoms with van der Waals surface area (Å²) in [6.45, 7) is 0. The Morgan fingerprint density at radius 1 is 0.383 bits per heavy atom. The van der Waals surface area contributed by atoms with E-state index in [1.807, 2.05) is 97.1 Å². The standard InChI is InChI=1S/C55H32N2O3/c1-2-12-36-31-46-42(30-35(36)11-1)41-26-25-37(32-45(41)55(46)43-13-3-7-17-49(43)58-50-18-8-4-14-44(50)55)33-21-23-34(24-22-33)38-27-39(53-56-47-15-5-9-19-51(47)59-53)29-40(28-38)54-57-48-16-6-10-20-52(48)60-54/h1-32H/i21D,22D,23D,24D. The number of ether oxygens (including phenoxy) is 1. The Morgan fingerprint density at radius 3 is 1.50 bits per heavy atom. The van der Waals surface area contributed by atoms with Crippen molar-refractivity contribution < 1.29 is 19.1 Å². The summed E-state index contributed by atoms with van der Waals surface area (Å²) in [5, 5.41) is 2.24. The first-order valence-corrected chi connectivity index (χ1v) is 19.9. The predicted molar refractivity (Wildman–Crippen MR) is 238 cm³/mol. The number of nitrogens with zero attached hydrogens (tertiary/aromatic N) is 2. The molecule has 1 spiro atoms. The molecule has 0 fully saturated rings. The van der Waals surface area contributed by atoms with Gasteiger partial charge in [-0.25, -0.2) is 9.97 Å². The molecule has 2 aromatic heterocycles. The molecule has 0 N–H and O–H groups in total. The Bertz CT molecular complexity index is 3560. The summed E-state index contributed by atoms with van der Waals surface area (Å²) >= 11 is 0. The maximum Gasteiger partial charge on any atom is 0.227 e. The van der Waals surface area contributed by atoms with Crippen molar-refractivity contribution in [2.24, 2.45) is 0 Å². The van der Waals surface area contributed by atoms with Crippen LogP contribution in [0, 0.1) is 0 Å². The first-order valence-electron chi connectivity index (χ1n) is 21.9. The van der Waals surface area contributed by atoms with Crippen molar-refractivity contribution in [2.45, 2.75) is 5.41 Å². The molecule has 9 aromatic carbocycles. The lowest BCUT2D eigenvalue weighted by Crippen LogP contribution is -2.32. The van der Waals surface area contributed by atoms with Crippen molar-refractivity contribution >= 4 is 33.0 Å². The van der Waals surface area contributed by atoms with Gasteiger partial charge in [0.15, 0.2) is 11.2 Å². The molecule has 3 heterocycles. The van der Waals surface area contributed by atoms with Gasteiger partial charge in [-0.1, -0.05) is 121 Å². The van der Waals surface area contributed by atoms with Gasteiger partial charge < -0.3 is 13.6 Å². The number of benzene rings is 9. The van der Waals surface area contributed by atoms with E-state index in [0.29, 0.717) is 56.2 Å². The van der Waals surface area contributed by atoms with Gasteiger partial charge in [0, 0.05) is 22.3 Å². The van der Waals surface area contributed by atoms with Crippen LogP contribution in [0.25, 0.3) is 89.3 Å². The number of aromatic nitrogens is 2. The Morgan fingerprint density at radius 2 is 0.883 bits per heavy atom. The van der Waals surface area contributed by atoms with Crippen molar-refractivity contribution in [3.63, 3.8) is 0 Å². The van der Waals surface area contributed by atoms with Crippen molar-refractivity contribution in [3.05, 3.63) is 216 Å². The summed E-state index contributed by atoms with van der Waals surface area (Å²) in [6.07, 6.45) is 0. The summed E-state index contributed by atoms with van der Waals surface area (Å²) < 4.78 is 57.6. The van der Waals surface area contributed by atoms with E-state index in [2.05, 4.69) is 60.7 Å². The van der Waals surface area contributed by atoms with Crippen LogP contribution in [-0.2, 0) is 5.41 Å². The second kappa shape index (κ2) is 12.5. The van der Waals surface area contributed by atoms with E-state index in [1.54, 1.807) is 12.1 Å². The van der Waals surface area contributed by atoms with Crippen LogP contribution in [0.2, 0.25) is 0 Å². The number of hydrogen-bond acceptors (Lipinski definition) is 5. The summed E-state index contributed by atoms with van der Waals surface area (Å²) in [5.74, 6) is 2.18. The molecule has 0 unspecified atom stereocenters. The van der Waals surface area contributed by atoms with Gasteiger partial charge in [-0.2, -0.15) is 0 Å². The van der Waals surface area contributed by atoms with Crippen molar-refractivity contribution in [3.8, 4) is 67.8 Å². The largest absolute Gasteiger partial charge is 0.457 e. The molecule has 0 bridgehead atoms. The molecule has 0 saturated carbocycles. The van der Waals surface area contributed by atoms with Crippen LogP contribution >= 0.6 is 0 Å². The fraction of sp³-hybridized carbons (Fsp3) is 0.0182. The van der Waals surface area contributed by atoms with Gasteiger partial charge in [-0.3, -0.25) is 0 Å². The van der Waals surface area contributed by atoms with Crippen molar-refractivity contribution in [1.29, 1.82) is 0 Å². The monoisotopic (exact) mass is 772 g/mol. The van der Waals surface area contributed by atoms with Crippen molar-refractivity contribution in [1.82, 2.24) is 9.97 Å². The average molecular weight is 773 g/mol. The minimum atomic E-state index is -0.805. The molecule has 13 rings (SSSR count). The first kappa shape index (κ1) is 29.2. The normalized spacial score (nSPS) is 14.2. The SMILES string of the molecule is [2H]c1c([2H])c(-c2ccc3c(c2)C2(c4ccccc4Oc4ccccc42)c2cc4ccccc4cc2-3)c([2H])c([2H])c1-c1cc(-c2nc3ccccc3o2)cc(-c2nc3ccccc3o2)c1. The van der Waals surface area contributed by atoms with Crippen LogP contribution in [0.1, 0.15) is 27.7 Å². The van der Waals surface area contributed by atoms with Gasteiger partial charge in [-0.05, 0) is 128 Å². The maximum absolute atomic E-state index is 9.66. The molecule has 1 aliphatic heterocycles. The lowest BCUT2D eigenvalue weighted by Gasteiger charge is -2.39. The third-order valence-electron chi connectivity index (χ3n) is 12.0. The smallest absolute Gasteiger partial charge is 0.227 e. The van der Waals surface area contributed by atoms with Crippen LogP contribution in [0.15, 0.2) is 203 Å². The number of fused-ring (bicyclic) bond motifs is 12. The molecule has 0 amide bonds. The van der Waals surface area contributed by atoms with Gasteiger partial charge >= 0.3 is 0 Å². The van der Waals surface area contributed by atoms with E-state index in [1.165, 1.54) is 0 Å². The second-order valence-corrected chi connectivity index (χ2v) is 15.4. The highest BCUT2D eigenvalue weighted by atomic mass is 16.5. The zero-order valence-electron chi connectivity index (χ0n) is 35.8. The van der Waals surface area contributed by atoms with Gasteiger partial charge in [0.25, 0.3) is 0 Å². The summed E-state index contributed by atoms with van der Waals surface area (Å²) in [7, 11) is 0. The van der Waals surface area contributed by atoms with Crippen LogP contribution in [0.4, 0.5) is 0 Å². The average Bonchev–Trinajstić information content (AvgIpc) is 4.04. The highest BCUT2D eigenvalue weighted by molar-refractivity contribution is 5.97. The lowest BCUT2D eigenvalue weighted by atomic mass is 9.65. The van der Waals surface area contributed by atoms with Crippen molar-refractivity contribution in [2.75, 3.05) is 0 Å². The molecule has 2 aliphatic rings. The van der Waals surface area contributed by atoms with Gasteiger partial charge in [-0.15, -0.1) is 0 Å². The number of oxazole rings is 2. The number of rotatable bonds is 4. The van der Waals surface area contributed by atoms with E-state index in [0.717, 1.165) is 55.7 Å². The molecule has 1 aliphatic carbocycles. The van der Waals surface area contributed by atoms with E-state index in [-0.39, 0.29) is 35.3 Å². The fourth-order valence-electron chi connectivity index (χ4n) is 9.35. The minimum absolute atomic E-state index is 0.137. The maximum atomic E-state index is 9.66. The minimum Gasteiger partial charge on any atom is -0.457 e. The highest BCUT2D eigenvalue weighted by Crippen LogP contribution is 2.63. The zero-order chi connectivity index (χ0) is 42.8. The van der Waals surface area contributed by atoms with Crippen LogP contribution in [0.5, 0.6) is 11.5 Å². The van der Waals surface area contributed by atoms with Gasteiger partial charge in [0.1, 0.15) is 22.5 Å². The first-order chi connectivity index (χ1) is 31.3. The molecule has 5 heteroatoms. The fourth-order valence-corrected chi connectivity index (χ4v) is 9.35. The van der Waals surface area contributed by atoms with Gasteiger partial charge in [0.05, 0.1) is 10.9 Å². The lowest BCUT2D eigenvalue weighted by molar-refractivity contribution is 0.436. The molecule has 60 heavy (non-hydrogen) atoms.